The fraction of sp³-hybridized carbons (Fsp3) is 0.111. The zero-order valence-electron chi connectivity index (χ0n) is 13.8. The third-order valence-electron chi connectivity index (χ3n) is 4.01. The molecule has 0 amide bonds. The first-order chi connectivity index (χ1) is 12.3. The van der Waals surface area contributed by atoms with Crippen LogP contribution in [0.15, 0.2) is 58.2 Å². The lowest BCUT2D eigenvalue weighted by atomic mass is 10.1. The van der Waals surface area contributed by atoms with E-state index in [0.717, 1.165) is 0 Å². The Hall–Kier alpha value is -2.97. The Morgan fingerprint density at radius 2 is 1.88 bits per heavy atom. The molecule has 8 heteroatoms. The van der Waals surface area contributed by atoms with Crippen molar-refractivity contribution in [1.82, 2.24) is 9.71 Å². The molecule has 2 aromatic carbocycles. The van der Waals surface area contributed by atoms with Crippen LogP contribution in [-0.2, 0) is 16.6 Å². The van der Waals surface area contributed by atoms with Crippen molar-refractivity contribution in [3.05, 3.63) is 75.6 Å². The number of carbonyl (C=O) groups is 1. The number of hydrogen-bond acceptors (Lipinski definition) is 4. The highest BCUT2D eigenvalue weighted by Gasteiger charge is 2.17. The van der Waals surface area contributed by atoms with Crippen LogP contribution in [0.5, 0.6) is 0 Å². The van der Waals surface area contributed by atoms with Crippen molar-refractivity contribution in [2.45, 2.75) is 18.4 Å². The van der Waals surface area contributed by atoms with Gasteiger partial charge in [-0.1, -0.05) is 18.2 Å². The monoisotopic (exact) mass is 372 g/mol. The zero-order valence-corrected chi connectivity index (χ0v) is 14.6. The van der Waals surface area contributed by atoms with Gasteiger partial charge in [0.25, 0.3) is 5.56 Å². The van der Waals surface area contributed by atoms with Gasteiger partial charge in [0.1, 0.15) is 0 Å². The molecule has 0 fully saturated rings. The maximum Gasteiger partial charge on any atom is 0.336 e. The number of aromatic nitrogens is 1. The Labute approximate surface area is 149 Å². The lowest BCUT2D eigenvalue weighted by molar-refractivity contribution is 0.0695. The number of sulfonamides is 1. The number of nitrogens with one attached hydrogen (secondary N) is 2. The van der Waals surface area contributed by atoms with Gasteiger partial charge in [0.15, 0.2) is 0 Å². The van der Waals surface area contributed by atoms with Crippen LogP contribution in [-0.4, -0.2) is 24.5 Å². The minimum absolute atomic E-state index is 0.0317. The van der Waals surface area contributed by atoms with E-state index >= 15 is 0 Å². The van der Waals surface area contributed by atoms with Crippen molar-refractivity contribution < 1.29 is 18.3 Å². The van der Waals surface area contributed by atoms with Crippen molar-refractivity contribution in [3.8, 4) is 0 Å². The summed E-state index contributed by atoms with van der Waals surface area (Å²) in [5.41, 5.74) is 1.20. The number of hydrogen-bond donors (Lipinski definition) is 3. The number of carboxylic acids is 1. The van der Waals surface area contributed by atoms with E-state index in [0.29, 0.717) is 22.0 Å². The minimum Gasteiger partial charge on any atom is -0.478 e. The second-order valence-electron chi connectivity index (χ2n) is 5.82. The first-order valence-electron chi connectivity index (χ1n) is 7.72. The third kappa shape index (κ3) is 3.51. The number of aromatic carboxylic acids is 1. The van der Waals surface area contributed by atoms with Crippen molar-refractivity contribution in [2.75, 3.05) is 0 Å². The molecular weight excluding hydrogens is 356 g/mol. The number of benzene rings is 2. The fourth-order valence-corrected chi connectivity index (χ4v) is 3.64. The first-order valence-corrected chi connectivity index (χ1v) is 9.21. The summed E-state index contributed by atoms with van der Waals surface area (Å²) in [6.07, 6.45) is 0. The van der Waals surface area contributed by atoms with Gasteiger partial charge in [-0.05, 0) is 48.2 Å². The topological polar surface area (TPSA) is 116 Å². The quantitative estimate of drug-likeness (QED) is 0.633. The van der Waals surface area contributed by atoms with E-state index in [-0.39, 0.29) is 22.6 Å². The number of H-pyrrole nitrogens is 1. The molecule has 0 unspecified atom stereocenters. The number of aryl methyl sites for hydroxylation is 1. The summed E-state index contributed by atoms with van der Waals surface area (Å²) in [6.45, 7) is 1.49. The lowest BCUT2D eigenvalue weighted by Crippen LogP contribution is -2.24. The second-order valence-corrected chi connectivity index (χ2v) is 7.58. The smallest absolute Gasteiger partial charge is 0.336 e. The predicted molar refractivity (Wildman–Crippen MR) is 96.7 cm³/mol. The Morgan fingerprint density at radius 3 is 2.62 bits per heavy atom. The Morgan fingerprint density at radius 1 is 1.15 bits per heavy atom. The fourth-order valence-electron chi connectivity index (χ4n) is 2.60. The van der Waals surface area contributed by atoms with Crippen LogP contribution in [0.3, 0.4) is 0 Å². The lowest BCUT2D eigenvalue weighted by Gasteiger charge is -2.10. The predicted octanol–water partition coefficient (Wildman–Crippen LogP) is 2.01. The van der Waals surface area contributed by atoms with Crippen LogP contribution in [0.4, 0.5) is 0 Å². The molecule has 0 radical (unpaired) electrons. The summed E-state index contributed by atoms with van der Waals surface area (Å²) in [5.74, 6) is -1.12. The molecule has 0 aliphatic rings. The number of aromatic amines is 1. The van der Waals surface area contributed by atoms with E-state index in [1.807, 2.05) is 0 Å². The summed E-state index contributed by atoms with van der Waals surface area (Å²) in [6, 6.07) is 12.2. The van der Waals surface area contributed by atoms with Gasteiger partial charge in [-0.3, -0.25) is 4.79 Å². The van der Waals surface area contributed by atoms with E-state index in [1.54, 1.807) is 31.2 Å². The molecule has 0 saturated carbocycles. The third-order valence-corrected chi connectivity index (χ3v) is 5.41. The largest absolute Gasteiger partial charge is 0.478 e. The van der Waals surface area contributed by atoms with Crippen LogP contribution in [0, 0.1) is 6.92 Å². The molecule has 0 atom stereocenters. The highest BCUT2D eigenvalue weighted by molar-refractivity contribution is 7.89. The molecule has 26 heavy (non-hydrogen) atoms. The maximum absolute atomic E-state index is 12.6. The molecular formula is C18H16N2O5S. The van der Waals surface area contributed by atoms with Crippen LogP contribution in [0.1, 0.15) is 21.5 Å². The van der Waals surface area contributed by atoms with Gasteiger partial charge in [0.05, 0.1) is 10.5 Å². The van der Waals surface area contributed by atoms with Gasteiger partial charge in [0.2, 0.25) is 10.0 Å². The Balaban J connectivity index is 1.91. The van der Waals surface area contributed by atoms with Crippen molar-refractivity contribution >= 4 is 26.9 Å². The molecule has 1 aromatic heterocycles. The second kappa shape index (κ2) is 6.74. The SMILES string of the molecule is Cc1cc2cc(S(=O)(=O)NCc3ccccc3C(=O)O)ccc2[nH]c1=O. The van der Waals surface area contributed by atoms with E-state index in [1.165, 1.54) is 24.3 Å². The Kier molecular flexibility index (Phi) is 4.62. The van der Waals surface area contributed by atoms with Crippen LogP contribution in [0.2, 0.25) is 0 Å². The highest BCUT2D eigenvalue weighted by atomic mass is 32.2. The van der Waals surface area contributed by atoms with Crippen LogP contribution < -0.4 is 10.3 Å². The number of carboxylic acid groups (broad SMARTS) is 1. The number of rotatable bonds is 5. The van der Waals surface area contributed by atoms with E-state index in [2.05, 4.69) is 9.71 Å². The Bertz CT molecular complexity index is 1170. The van der Waals surface area contributed by atoms with Gasteiger partial charge in [-0.2, -0.15) is 0 Å². The van der Waals surface area contributed by atoms with Gasteiger partial charge in [-0.25, -0.2) is 17.9 Å². The molecule has 0 bridgehead atoms. The average Bonchev–Trinajstić information content (AvgIpc) is 2.60. The van der Waals surface area contributed by atoms with E-state index < -0.39 is 16.0 Å². The van der Waals surface area contributed by atoms with Gasteiger partial charge in [-0.15, -0.1) is 0 Å². The molecule has 0 aliphatic carbocycles. The van der Waals surface area contributed by atoms with Crippen molar-refractivity contribution in [3.63, 3.8) is 0 Å². The summed E-state index contributed by atoms with van der Waals surface area (Å²) < 4.78 is 27.5. The average molecular weight is 372 g/mol. The van der Waals surface area contributed by atoms with E-state index in [9.17, 15) is 23.1 Å². The molecule has 7 nitrogen and oxygen atoms in total. The van der Waals surface area contributed by atoms with Gasteiger partial charge < -0.3 is 10.1 Å². The summed E-state index contributed by atoms with van der Waals surface area (Å²) in [7, 11) is -3.85. The highest BCUT2D eigenvalue weighted by Crippen LogP contribution is 2.18. The molecule has 134 valence electrons. The molecule has 3 aromatic rings. The summed E-state index contributed by atoms with van der Waals surface area (Å²) in [4.78, 5) is 25.6. The van der Waals surface area contributed by atoms with Crippen molar-refractivity contribution in [1.29, 1.82) is 0 Å². The number of fused-ring (bicyclic) bond motifs is 1. The van der Waals surface area contributed by atoms with E-state index in [4.69, 9.17) is 0 Å². The molecule has 0 saturated heterocycles. The molecule has 3 rings (SSSR count). The van der Waals surface area contributed by atoms with Crippen LogP contribution >= 0.6 is 0 Å². The standard InChI is InChI=1S/C18H16N2O5S/c1-11-8-13-9-14(6-7-16(13)20-17(11)21)26(24,25)19-10-12-4-2-3-5-15(12)18(22)23/h2-9,19H,10H2,1H3,(H,20,21)(H,22,23). The zero-order chi connectivity index (χ0) is 18.9. The summed E-state index contributed by atoms with van der Waals surface area (Å²) in [5, 5.41) is 9.77. The van der Waals surface area contributed by atoms with Crippen LogP contribution in [0.25, 0.3) is 10.9 Å². The molecule has 0 aliphatic heterocycles. The van der Waals surface area contributed by atoms with Gasteiger partial charge in [0, 0.05) is 17.6 Å². The number of pyridine rings is 1. The molecule has 1 heterocycles. The normalized spacial score (nSPS) is 11.6. The molecule has 3 N–H and O–H groups in total. The molecule has 0 spiro atoms. The van der Waals surface area contributed by atoms with Gasteiger partial charge >= 0.3 is 5.97 Å². The first kappa shape index (κ1) is 17.8. The van der Waals surface area contributed by atoms with Crippen molar-refractivity contribution in [2.24, 2.45) is 0 Å². The summed E-state index contributed by atoms with van der Waals surface area (Å²) >= 11 is 0. The maximum atomic E-state index is 12.6. The minimum atomic E-state index is -3.85.